The Bertz CT molecular complexity index is 617. The zero-order valence-electron chi connectivity index (χ0n) is 11.7. The van der Waals surface area contributed by atoms with E-state index in [9.17, 15) is 4.79 Å². The van der Waals surface area contributed by atoms with Crippen molar-refractivity contribution in [3.8, 4) is 0 Å². The molecule has 0 bridgehead atoms. The van der Waals surface area contributed by atoms with E-state index in [2.05, 4.69) is 30.4 Å². The number of carbonyl (C=O) groups is 1. The number of benzene rings is 2. The van der Waals surface area contributed by atoms with E-state index in [1.807, 2.05) is 32.0 Å². The third-order valence-corrected chi connectivity index (χ3v) is 3.38. The summed E-state index contributed by atoms with van der Waals surface area (Å²) < 4.78 is 0. The summed E-state index contributed by atoms with van der Waals surface area (Å²) in [5, 5.41) is 5.22. The minimum absolute atomic E-state index is 0.0542. The van der Waals surface area contributed by atoms with Crippen molar-refractivity contribution in [2.75, 3.05) is 11.9 Å². The Labute approximate surface area is 113 Å². The van der Waals surface area contributed by atoms with Crippen LogP contribution in [0.1, 0.15) is 19.4 Å². The second kappa shape index (κ2) is 5.02. The van der Waals surface area contributed by atoms with Crippen molar-refractivity contribution < 1.29 is 4.79 Å². The molecular formula is C16H20N2O. The Balaban J connectivity index is 2.27. The highest BCUT2D eigenvalue weighted by Gasteiger charge is 2.25. The van der Waals surface area contributed by atoms with Crippen molar-refractivity contribution in [1.29, 1.82) is 0 Å². The highest BCUT2D eigenvalue weighted by atomic mass is 16.2. The minimum Gasteiger partial charge on any atom is -0.329 e. The van der Waals surface area contributed by atoms with Crippen LogP contribution in [0.25, 0.3) is 10.8 Å². The van der Waals surface area contributed by atoms with E-state index >= 15 is 0 Å². The lowest BCUT2D eigenvalue weighted by atomic mass is 9.92. The van der Waals surface area contributed by atoms with Crippen LogP contribution in [0.4, 0.5) is 5.69 Å². The molecule has 0 saturated carbocycles. The van der Waals surface area contributed by atoms with Gasteiger partial charge in [0.2, 0.25) is 5.91 Å². The monoisotopic (exact) mass is 256 g/mol. The van der Waals surface area contributed by atoms with Gasteiger partial charge in [-0.1, -0.05) is 29.8 Å². The van der Waals surface area contributed by atoms with Crippen molar-refractivity contribution in [3.63, 3.8) is 0 Å². The maximum atomic E-state index is 12.1. The Morgan fingerprint density at radius 3 is 2.47 bits per heavy atom. The molecule has 0 fully saturated rings. The predicted molar refractivity (Wildman–Crippen MR) is 80.2 cm³/mol. The molecule has 0 saturated heterocycles. The van der Waals surface area contributed by atoms with E-state index in [0.29, 0.717) is 6.54 Å². The normalized spacial score (nSPS) is 11.6. The molecular weight excluding hydrogens is 236 g/mol. The van der Waals surface area contributed by atoms with Gasteiger partial charge in [0.05, 0.1) is 5.41 Å². The molecule has 3 nitrogen and oxygen atoms in total. The number of rotatable bonds is 3. The number of anilines is 1. The van der Waals surface area contributed by atoms with Gasteiger partial charge in [0, 0.05) is 12.2 Å². The zero-order valence-corrected chi connectivity index (χ0v) is 11.7. The topological polar surface area (TPSA) is 55.1 Å². The molecule has 2 aromatic rings. The molecule has 2 aromatic carbocycles. The molecule has 0 radical (unpaired) electrons. The van der Waals surface area contributed by atoms with Crippen molar-refractivity contribution in [2.24, 2.45) is 11.1 Å². The molecule has 0 aromatic heterocycles. The summed E-state index contributed by atoms with van der Waals surface area (Å²) in [5.74, 6) is -0.0542. The van der Waals surface area contributed by atoms with Crippen LogP contribution in [0.5, 0.6) is 0 Å². The van der Waals surface area contributed by atoms with Crippen molar-refractivity contribution >= 4 is 22.4 Å². The van der Waals surface area contributed by atoms with Crippen LogP contribution >= 0.6 is 0 Å². The molecule has 2 rings (SSSR count). The lowest BCUT2D eigenvalue weighted by Crippen LogP contribution is -2.37. The maximum Gasteiger partial charge on any atom is 0.231 e. The Morgan fingerprint density at radius 2 is 1.79 bits per heavy atom. The van der Waals surface area contributed by atoms with E-state index in [0.717, 1.165) is 11.1 Å². The number of hydrogen-bond acceptors (Lipinski definition) is 2. The fourth-order valence-electron chi connectivity index (χ4n) is 1.84. The SMILES string of the molecule is Cc1ccc2cc(NC(=O)C(C)(C)CN)ccc2c1. The first-order valence-electron chi connectivity index (χ1n) is 6.44. The van der Waals surface area contributed by atoms with Gasteiger partial charge < -0.3 is 11.1 Å². The van der Waals surface area contributed by atoms with Gasteiger partial charge in [0.15, 0.2) is 0 Å². The molecule has 0 unspecified atom stereocenters. The lowest BCUT2D eigenvalue weighted by molar-refractivity contribution is -0.123. The maximum absolute atomic E-state index is 12.1. The van der Waals surface area contributed by atoms with Crippen molar-refractivity contribution in [1.82, 2.24) is 0 Å². The highest BCUT2D eigenvalue weighted by molar-refractivity contribution is 5.97. The molecule has 0 heterocycles. The molecule has 19 heavy (non-hydrogen) atoms. The average Bonchev–Trinajstić information content (AvgIpc) is 2.38. The summed E-state index contributed by atoms with van der Waals surface area (Å²) in [5.41, 5.74) is 7.09. The predicted octanol–water partition coefficient (Wildman–Crippen LogP) is 3.07. The van der Waals surface area contributed by atoms with Crippen LogP contribution in [0.2, 0.25) is 0 Å². The molecule has 0 aliphatic carbocycles. The van der Waals surface area contributed by atoms with Gasteiger partial charge in [-0.25, -0.2) is 0 Å². The summed E-state index contributed by atoms with van der Waals surface area (Å²) in [6.07, 6.45) is 0. The fraction of sp³-hybridized carbons (Fsp3) is 0.312. The Kier molecular flexibility index (Phi) is 3.58. The molecule has 100 valence electrons. The number of aryl methyl sites for hydroxylation is 1. The summed E-state index contributed by atoms with van der Waals surface area (Å²) in [6.45, 7) is 6.07. The number of amides is 1. The van der Waals surface area contributed by atoms with Crippen LogP contribution in [-0.2, 0) is 4.79 Å². The van der Waals surface area contributed by atoms with E-state index in [4.69, 9.17) is 5.73 Å². The van der Waals surface area contributed by atoms with Gasteiger partial charge in [-0.15, -0.1) is 0 Å². The minimum atomic E-state index is -0.553. The molecule has 0 atom stereocenters. The first kappa shape index (κ1) is 13.6. The van der Waals surface area contributed by atoms with Gasteiger partial charge in [0.1, 0.15) is 0 Å². The third kappa shape index (κ3) is 2.93. The second-order valence-electron chi connectivity index (χ2n) is 5.61. The van der Waals surface area contributed by atoms with Crippen LogP contribution in [-0.4, -0.2) is 12.5 Å². The summed E-state index contributed by atoms with van der Waals surface area (Å²) in [4.78, 5) is 12.1. The fourth-order valence-corrected chi connectivity index (χ4v) is 1.84. The molecule has 1 amide bonds. The van der Waals surface area contributed by atoms with E-state index < -0.39 is 5.41 Å². The quantitative estimate of drug-likeness (QED) is 0.886. The van der Waals surface area contributed by atoms with Crippen LogP contribution < -0.4 is 11.1 Å². The molecule has 0 spiro atoms. The van der Waals surface area contributed by atoms with E-state index in [-0.39, 0.29) is 5.91 Å². The number of hydrogen-bond donors (Lipinski definition) is 2. The van der Waals surface area contributed by atoms with E-state index in [1.54, 1.807) is 0 Å². The number of carbonyl (C=O) groups excluding carboxylic acids is 1. The largest absolute Gasteiger partial charge is 0.329 e. The molecule has 3 heteroatoms. The first-order valence-corrected chi connectivity index (χ1v) is 6.44. The number of fused-ring (bicyclic) bond motifs is 1. The first-order chi connectivity index (χ1) is 8.92. The molecule has 0 aliphatic heterocycles. The lowest BCUT2D eigenvalue weighted by Gasteiger charge is -2.21. The third-order valence-electron chi connectivity index (χ3n) is 3.38. The highest BCUT2D eigenvalue weighted by Crippen LogP contribution is 2.22. The van der Waals surface area contributed by atoms with Crippen LogP contribution in [0.3, 0.4) is 0 Å². The Hall–Kier alpha value is -1.87. The molecule has 0 aliphatic rings. The summed E-state index contributed by atoms with van der Waals surface area (Å²) in [6, 6.07) is 12.2. The van der Waals surface area contributed by atoms with Gasteiger partial charge >= 0.3 is 0 Å². The van der Waals surface area contributed by atoms with Gasteiger partial charge in [-0.2, -0.15) is 0 Å². The Morgan fingerprint density at radius 1 is 1.16 bits per heavy atom. The van der Waals surface area contributed by atoms with Gasteiger partial charge in [-0.05, 0) is 43.7 Å². The van der Waals surface area contributed by atoms with Gasteiger partial charge in [0.25, 0.3) is 0 Å². The van der Waals surface area contributed by atoms with Gasteiger partial charge in [-0.3, -0.25) is 4.79 Å². The van der Waals surface area contributed by atoms with E-state index in [1.165, 1.54) is 10.9 Å². The standard InChI is InChI=1S/C16H20N2O/c1-11-4-5-13-9-14(7-6-12(13)8-11)18-15(19)16(2,3)10-17/h4-9H,10,17H2,1-3H3,(H,18,19). The number of nitrogens with two attached hydrogens (primary N) is 1. The molecule has 3 N–H and O–H groups in total. The number of nitrogens with one attached hydrogen (secondary N) is 1. The second-order valence-corrected chi connectivity index (χ2v) is 5.61. The summed E-state index contributed by atoms with van der Waals surface area (Å²) in [7, 11) is 0. The zero-order chi connectivity index (χ0) is 14.0. The van der Waals surface area contributed by atoms with Crippen LogP contribution in [0, 0.1) is 12.3 Å². The smallest absolute Gasteiger partial charge is 0.231 e. The summed E-state index contributed by atoms with van der Waals surface area (Å²) >= 11 is 0. The van der Waals surface area contributed by atoms with Crippen molar-refractivity contribution in [2.45, 2.75) is 20.8 Å². The van der Waals surface area contributed by atoms with Crippen molar-refractivity contribution in [3.05, 3.63) is 42.0 Å². The average molecular weight is 256 g/mol. The van der Waals surface area contributed by atoms with Crippen LogP contribution in [0.15, 0.2) is 36.4 Å².